The Balaban J connectivity index is 1.55. The summed E-state index contributed by atoms with van der Waals surface area (Å²) >= 11 is 0. The fourth-order valence-corrected chi connectivity index (χ4v) is 3.28. The van der Waals surface area contributed by atoms with E-state index in [0.29, 0.717) is 6.42 Å². The van der Waals surface area contributed by atoms with Gasteiger partial charge in [-0.2, -0.15) is 0 Å². The highest BCUT2D eigenvalue weighted by Crippen LogP contribution is 2.23. The van der Waals surface area contributed by atoms with Crippen LogP contribution in [0.4, 0.5) is 0 Å². The van der Waals surface area contributed by atoms with Crippen molar-refractivity contribution in [2.75, 3.05) is 0 Å². The van der Waals surface area contributed by atoms with Crippen LogP contribution in [0.1, 0.15) is 36.1 Å². The zero-order chi connectivity index (χ0) is 21.2. The predicted molar refractivity (Wildman–Crippen MR) is 126 cm³/mol. The highest BCUT2D eigenvalue weighted by atomic mass is 16.5. The molecule has 2 nitrogen and oxygen atoms in total. The van der Waals surface area contributed by atoms with E-state index in [-0.39, 0.29) is 5.60 Å². The third-order valence-electron chi connectivity index (χ3n) is 4.73. The van der Waals surface area contributed by atoms with Crippen molar-refractivity contribution in [1.29, 1.82) is 0 Å². The molecule has 0 bridgehead atoms. The van der Waals surface area contributed by atoms with Crippen LogP contribution in [0.15, 0.2) is 91.0 Å². The Morgan fingerprint density at radius 1 is 0.733 bits per heavy atom. The third-order valence-corrected chi connectivity index (χ3v) is 4.73. The van der Waals surface area contributed by atoms with Crippen molar-refractivity contribution >= 4 is 18.4 Å². The quantitative estimate of drug-likeness (QED) is 0.303. The Labute approximate surface area is 179 Å². The van der Waals surface area contributed by atoms with Crippen molar-refractivity contribution in [3.63, 3.8) is 0 Å². The van der Waals surface area contributed by atoms with Gasteiger partial charge in [0.05, 0.1) is 0 Å². The lowest BCUT2D eigenvalue weighted by molar-refractivity contribution is -0.107. The number of hydrogen-bond acceptors (Lipinski definition) is 2. The van der Waals surface area contributed by atoms with Crippen molar-refractivity contribution in [3.05, 3.63) is 113 Å². The minimum Gasteiger partial charge on any atom is -0.488 e. The number of benzene rings is 3. The van der Waals surface area contributed by atoms with E-state index in [1.54, 1.807) is 0 Å². The molecule has 0 saturated heterocycles. The zero-order valence-corrected chi connectivity index (χ0v) is 17.6. The zero-order valence-electron chi connectivity index (χ0n) is 17.6. The molecule has 0 heterocycles. The molecule has 0 amide bonds. The number of ether oxygens (including phenoxy) is 1. The van der Waals surface area contributed by atoms with Gasteiger partial charge in [0.1, 0.15) is 17.6 Å². The molecule has 0 aliphatic heterocycles. The lowest BCUT2D eigenvalue weighted by Crippen LogP contribution is -2.30. The van der Waals surface area contributed by atoms with E-state index in [1.807, 2.05) is 54.6 Å². The van der Waals surface area contributed by atoms with Crippen LogP contribution in [0.2, 0.25) is 0 Å². The Kier molecular flexibility index (Phi) is 7.40. The van der Waals surface area contributed by atoms with Gasteiger partial charge >= 0.3 is 0 Å². The number of hydrogen-bond donors (Lipinski definition) is 0. The number of aldehydes is 1. The van der Waals surface area contributed by atoms with Crippen LogP contribution in [0.3, 0.4) is 0 Å². The second-order valence-corrected chi connectivity index (χ2v) is 7.92. The van der Waals surface area contributed by atoms with Gasteiger partial charge in [0.25, 0.3) is 0 Å². The largest absolute Gasteiger partial charge is 0.488 e. The number of carbonyl (C=O) groups excluding carboxylic acids is 1. The van der Waals surface area contributed by atoms with Crippen molar-refractivity contribution in [2.45, 2.75) is 32.3 Å². The topological polar surface area (TPSA) is 26.3 Å². The van der Waals surface area contributed by atoms with E-state index in [9.17, 15) is 4.79 Å². The summed E-state index contributed by atoms with van der Waals surface area (Å²) in [5.74, 6) is 0.856. The fraction of sp³-hybridized carbons (Fsp3) is 0.179. The molecule has 3 rings (SSSR count). The van der Waals surface area contributed by atoms with Gasteiger partial charge in [-0.05, 0) is 48.2 Å². The monoisotopic (exact) mass is 396 g/mol. The first-order chi connectivity index (χ1) is 14.5. The molecule has 0 aromatic heterocycles. The average Bonchev–Trinajstić information content (AvgIpc) is 2.74. The van der Waals surface area contributed by atoms with E-state index in [1.165, 1.54) is 11.1 Å². The number of carbonyl (C=O) groups is 1. The molecule has 0 aliphatic rings. The maximum absolute atomic E-state index is 10.6. The molecular weight excluding hydrogens is 368 g/mol. The summed E-state index contributed by atoms with van der Waals surface area (Å²) in [5, 5.41) is 0. The van der Waals surface area contributed by atoms with Gasteiger partial charge < -0.3 is 9.53 Å². The maximum Gasteiger partial charge on any atom is 0.124 e. The summed E-state index contributed by atoms with van der Waals surface area (Å²) in [4.78, 5) is 10.6. The van der Waals surface area contributed by atoms with Gasteiger partial charge in [0.15, 0.2) is 0 Å². The molecule has 0 unspecified atom stereocenters. The van der Waals surface area contributed by atoms with Crippen LogP contribution < -0.4 is 4.74 Å². The Bertz CT molecular complexity index is 979. The average molecular weight is 397 g/mol. The smallest absolute Gasteiger partial charge is 0.124 e. The Morgan fingerprint density at radius 2 is 1.30 bits per heavy atom. The van der Waals surface area contributed by atoms with Gasteiger partial charge in [-0.1, -0.05) is 91.0 Å². The number of rotatable bonds is 9. The van der Waals surface area contributed by atoms with E-state index < -0.39 is 0 Å². The first-order valence-corrected chi connectivity index (χ1v) is 10.2. The first-order valence-electron chi connectivity index (χ1n) is 10.2. The molecule has 3 aromatic rings. The molecule has 0 radical (unpaired) electrons. The lowest BCUT2D eigenvalue weighted by atomic mass is 9.97. The van der Waals surface area contributed by atoms with Crippen LogP contribution >= 0.6 is 0 Å². The first kappa shape index (κ1) is 21.3. The lowest BCUT2D eigenvalue weighted by Gasteiger charge is -2.27. The summed E-state index contributed by atoms with van der Waals surface area (Å²) < 4.78 is 6.23. The minimum atomic E-state index is -0.331. The van der Waals surface area contributed by atoms with Gasteiger partial charge in [-0.15, -0.1) is 0 Å². The molecule has 152 valence electrons. The normalized spacial score (nSPS) is 11.8. The van der Waals surface area contributed by atoms with Gasteiger partial charge in [-0.3, -0.25) is 0 Å². The predicted octanol–water partition coefficient (Wildman–Crippen LogP) is 6.55. The third kappa shape index (κ3) is 6.89. The maximum atomic E-state index is 10.6. The molecule has 30 heavy (non-hydrogen) atoms. The Hall–Kier alpha value is -3.39. The molecule has 0 saturated carbocycles. The molecule has 2 heteroatoms. The minimum absolute atomic E-state index is 0.331. The molecule has 0 N–H and O–H groups in total. The summed E-state index contributed by atoms with van der Waals surface area (Å²) in [6.45, 7) is 4.18. The standard InChI is InChI=1S/C28H28O2/c1-28(2,22-26-14-12-25(13-15-26)20-21-29)30-27-18-16-24(17-19-27)11-7-6-10-23-8-4-3-5-9-23/h3-19,21H,20,22H2,1-2H3. The van der Waals surface area contributed by atoms with Crippen LogP contribution in [0, 0.1) is 0 Å². The highest BCUT2D eigenvalue weighted by Gasteiger charge is 2.20. The van der Waals surface area contributed by atoms with Crippen LogP contribution in [0.5, 0.6) is 5.75 Å². The molecule has 0 fully saturated rings. The van der Waals surface area contributed by atoms with Gasteiger partial charge in [-0.25, -0.2) is 0 Å². The fourth-order valence-electron chi connectivity index (χ4n) is 3.28. The molecule has 0 atom stereocenters. The summed E-state index contributed by atoms with van der Waals surface area (Å²) in [7, 11) is 0. The second-order valence-electron chi connectivity index (χ2n) is 7.92. The van der Waals surface area contributed by atoms with Crippen molar-refractivity contribution in [1.82, 2.24) is 0 Å². The van der Waals surface area contributed by atoms with Crippen LogP contribution in [-0.4, -0.2) is 11.9 Å². The van der Waals surface area contributed by atoms with E-state index >= 15 is 0 Å². The van der Waals surface area contributed by atoms with E-state index in [0.717, 1.165) is 29.6 Å². The van der Waals surface area contributed by atoms with Gasteiger partial charge in [0, 0.05) is 12.8 Å². The van der Waals surface area contributed by atoms with Crippen molar-refractivity contribution < 1.29 is 9.53 Å². The Morgan fingerprint density at radius 3 is 1.90 bits per heavy atom. The van der Waals surface area contributed by atoms with Crippen LogP contribution in [-0.2, 0) is 17.6 Å². The highest BCUT2D eigenvalue weighted by molar-refractivity contribution is 5.57. The van der Waals surface area contributed by atoms with E-state index in [2.05, 4.69) is 62.4 Å². The summed E-state index contributed by atoms with van der Waals surface area (Å²) in [6, 6.07) is 26.5. The second kappa shape index (κ2) is 10.4. The van der Waals surface area contributed by atoms with Crippen molar-refractivity contribution in [3.8, 4) is 5.75 Å². The van der Waals surface area contributed by atoms with Crippen LogP contribution in [0.25, 0.3) is 12.2 Å². The molecule has 0 aliphatic carbocycles. The molecular formula is C28H28O2. The summed E-state index contributed by atoms with van der Waals surface area (Å²) in [5.41, 5.74) is 4.21. The van der Waals surface area contributed by atoms with Crippen molar-refractivity contribution in [2.24, 2.45) is 0 Å². The SMILES string of the molecule is CC(C)(Cc1ccc(CC=O)cc1)Oc1ccc(C=CC=Cc2ccccc2)cc1. The summed E-state index contributed by atoms with van der Waals surface area (Å²) in [6.07, 6.45) is 10.4. The number of allylic oxidation sites excluding steroid dienone is 2. The molecule has 0 spiro atoms. The van der Waals surface area contributed by atoms with E-state index in [4.69, 9.17) is 4.74 Å². The van der Waals surface area contributed by atoms with Gasteiger partial charge in [0.2, 0.25) is 0 Å². The molecule has 3 aromatic carbocycles.